The number of amidine groups is 1. The van der Waals surface area contributed by atoms with Gasteiger partial charge in [0.05, 0.1) is 5.56 Å². The molecule has 2 aliphatic rings. The van der Waals surface area contributed by atoms with Crippen LogP contribution in [0.4, 0.5) is 5.82 Å². The Morgan fingerprint density at radius 1 is 1.00 bits per heavy atom. The molecule has 3 heterocycles. The Morgan fingerprint density at radius 3 is 2.48 bits per heavy atom. The molecule has 3 aromatic rings. The summed E-state index contributed by atoms with van der Waals surface area (Å²) in [5, 5.41) is 2.66. The summed E-state index contributed by atoms with van der Waals surface area (Å²) >= 11 is 6.10. The number of aryl methyl sites for hydroxylation is 1. The summed E-state index contributed by atoms with van der Waals surface area (Å²) in [5.74, 6) is 1.79. The van der Waals surface area contributed by atoms with Crippen LogP contribution >= 0.6 is 11.6 Å². The highest BCUT2D eigenvalue weighted by Crippen LogP contribution is 2.44. The Labute approximate surface area is 162 Å². The highest BCUT2D eigenvalue weighted by molar-refractivity contribution is 6.30. The first-order valence-corrected chi connectivity index (χ1v) is 9.20. The molecule has 0 bridgehead atoms. The van der Waals surface area contributed by atoms with E-state index in [4.69, 9.17) is 21.6 Å². The fourth-order valence-electron chi connectivity index (χ4n) is 3.59. The quantitative estimate of drug-likeness (QED) is 0.683. The fraction of sp³-hybridized carbons (Fsp3) is 0.143. The Morgan fingerprint density at radius 2 is 1.74 bits per heavy atom. The molecule has 0 radical (unpaired) electrons. The van der Waals surface area contributed by atoms with Crippen LogP contribution in [0.5, 0.6) is 0 Å². The third-order valence-corrected chi connectivity index (χ3v) is 5.17. The summed E-state index contributed by atoms with van der Waals surface area (Å²) in [7, 11) is 0. The van der Waals surface area contributed by atoms with Gasteiger partial charge in [-0.3, -0.25) is 5.43 Å². The number of aromatic nitrogens is 1. The van der Waals surface area contributed by atoms with Gasteiger partial charge in [0.1, 0.15) is 18.0 Å². The standard InChI is InChI=1S/C21H18ClN5/c1-13-3-9-17(10-4-13)26-11-18(15-5-7-16(22)8-6-15)19-20(26)23-12-27-21(19)24-14(2)25-27/h3-12,21H,1-2H3,(H,24,25). The van der Waals surface area contributed by atoms with E-state index >= 15 is 0 Å². The summed E-state index contributed by atoms with van der Waals surface area (Å²) in [5.41, 5.74) is 8.84. The number of fused-ring (bicyclic) bond motifs is 3. The van der Waals surface area contributed by atoms with Gasteiger partial charge in [0.15, 0.2) is 6.17 Å². The van der Waals surface area contributed by atoms with Gasteiger partial charge >= 0.3 is 0 Å². The molecule has 0 spiro atoms. The van der Waals surface area contributed by atoms with Gasteiger partial charge in [-0.15, -0.1) is 0 Å². The number of aliphatic imine (C=N–C) groups is 2. The number of rotatable bonds is 2. The molecule has 0 amide bonds. The average molecular weight is 376 g/mol. The maximum absolute atomic E-state index is 6.10. The smallest absolute Gasteiger partial charge is 0.172 e. The number of benzene rings is 2. The second-order valence-electron chi connectivity index (χ2n) is 6.84. The van der Waals surface area contributed by atoms with E-state index in [1.54, 1.807) is 0 Å². The molecule has 1 unspecified atom stereocenters. The van der Waals surface area contributed by atoms with Crippen molar-refractivity contribution >= 4 is 29.6 Å². The molecular weight excluding hydrogens is 358 g/mol. The SMILES string of the molecule is CC1=NC2c3c(-c4ccc(Cl)cc4)cn(-c4ccc(C)cc4)c3N=CN2N1. The lowest BCUT2D eigenvalue weighted by atomic mass is 10.0. The molecule has 6 heteroatoms. The molecule has 27 heavy (non-hydrogen) atoms. The summed E-state index contributed by atoms with van der Waals surface area (Å²) < 4.78 is 2.13. The monoisotopic (exact) mass is 375 g/mol. The van der Waals surface area contributed by atoms with Crippen molar-refractivity contribution in [2.24, 2.45) is 9.98 Å². The second kappa shape index (κ2) is 5.99. The van der Waals surface area contributed by atoms with Crippen molar-refractivity contribution in [1.29, 1.82) is 0 Å². The van der Waals surface area contributed by atoms with E-state index in [1.807, 2.05) is 42.5 Å². The highest BCUT2D eigenvalue weighted by Gasteiger charge is 2.34. The number of hydrazine groups is 1. The van der Waals surface area contributed by atoms with Gasteiger partial charge in [-0.25, -0.2) is 15.0 Å². The first kappa shape index (κ1) is 16.1. The number of hydrogen-bond donors (Lipinski definition) is 1. The Balaban J connectivity index is 1.75. The largest absolute Gasteiger partial charge is 0.301 e. The number of halogens is 1. The zero-order valence-electron chi connectivity index (χ0n) is 15.0. The van der Waals surface area contributed by atoms with Gasteiger partial charge in [-0.05, 0) is 43.7 Å². The van der Waals surface area contributed by atoms with Crippen molar-refractivity contribution in [1.82, 2.24) is 15.0 Å². The van der Waals surface area contributed by atoms with E-state index in [-0.39, 0.29) is 6.17 Å². The van der Waals surface area contributed by atoms with Gasteiger partial charge in [-0.2, -0.15) is 0 Å². The van der Waals surface area contributed by atoms with Crippen molar-refractivity contribution in [3.63, 3.8) is 0 Å². The number of hydrogen-bond acceptors (Lipinski definition) is 4. The molecule has 0 aliphatic carbocycles. The van der Waals surface area contributed by atoms with Gasteiger partial charge < -0.3 is 4.57 Å². The zero-order chi connectivity index (χ0) is 18.5. The molecule has 5 rings (SSSR count). The highest BCUT2D eigenvalue weighted by atomic mass is 35.5. The predicted octanol–water partition coefficient (Wildman–Crippen LogP) is 5.02. The van der Waals surface area contributed by atoms with Gasteiger partial charge in [-0.1, -0.05) is 41.4 Å². The molecule has 2 aliphatic heterocycles. The van der Waals surface area contributed by atoms with E-state index in [0.717, 1.165) is 39.1 Å². The maximum Gasteiger partial charge on any atom is 0.172 e. The second-order valence-corrected chi connectivity index (χ2v) is 7.28. The lowest BCUT2D eigenvalue weighted by molar-refractivity contribution is 0.327. The van der Waals surface area contributed by atoms with Crippen molar-refractivity contribution in [3.05, 3.63) is 70.9 Å². The molecule has 0 saturated heterocycles. The van der Waals surface area contributed by atoms with Crippen LogP contribution in [0.15, 0.2) is 64.7 Å². The summed E-state index contributed by atoms with van der Waals surface area (Å²) in [6.45, 7) is 4.05. The lowest BCUT2D eigenvalue weighted by Gasteiger charge is -2.25. The van der Waals surface area contributed by atoms with Crippen LogP contribution in [0, 0.1) is 6.92 Å². The maximum atomic E-state index is 6.10. The van der Waals surface area contributed by atoms with Crippen LogP contribution in [0.3, 0.4) is 0 Å². The summed E-state index contributed by atoms with van der Waals surface area (Å²) in [6, 6.07) is 16.4. The topological polar surface area (TPSA) is 44.9 Å². The Bertz CT molecular complexity index is 1080. The molecule has 1 N–H and O–H groups in total. The third-order valence-electron chi connectivity index (χ3n) is 4.92. The van der Waals surface area contributed by atoms with Crippen molar-refractivity contribution in [2.45, 2.75) is 20.0 Å². The Hall–Kier alpha value is -3.05. The first-order chi connectivity index (χ1) is 13.1. The summed E-state index contributed by atoms with van der Waals surface area (Å²) in [6.07, 6.45) is 3.82. The van der Waals surface area contributed by atoms with Gasteiger partial charge in [0.2, 0.25) is 0 Å². The molecule has 1 atom stereocenters. The van der Waals surface area contributed by atoms with E-state index in [1.165, 1.54) is 5.56 Å². The van der Waals surface area contributed by atoms with Gasteiger partial charge in [0, 0.05) is 22.5 Å². The molecule has 0 fully saturated rings. The fourth-order valence-corrected chi connectivity index (χ4v) is 3.72. The normalized spacial score (nSPS) is 17.4. The van der Waals surface area contributed by atoms with Crippen LogP contribution in [0.25, 0.3) is 16.8 Å². The lowest BCUT2D eigenvalue weighted by Crippen LogP contribution is -2.36. The van der Waals surface area contributed by atoms with E-state index in [2.05, 4.69) is 47.4 Å². The predicted molar refractivity (Wildman–Crippen MR) is 110 cm³/mol. The minimum atomic E-state index is -0.130. The summed E-state index contributed by atoms with van der Waals surface area (Å²) in [4.78, 5) is 9.51. The minimum absolute atomic E-state index is 0.130. The van der Waals surface area contributed by atoms with E-state index in [0.29, 0.717) is 0 Å². The molecule has 0 saturated carbocycles. The van der Waals surface area contributed by atoms with Crippen LogP contribution in [0.2, 0.25) is 5.02 Å². The van der Waals surface area contributed by atoms with E-state index < -0.39 is 0 Å². The molecular formula is C21H18ClN5. The van der Waals surface area contributed by atoms with Crippen LogP contribution < -0.4 is 5.43 Å². The van der Waals surface area contributed by atoms with Crippen molar-refractivity contribution in [2.75, 3.05) is 0 Å². The van der Waals surface area contributed by atoms with Crippen molar-refractivity contribution in [3.8, 4) is 16.8 Å². The zero-order valence-corrected chi connectivity index (χ0v) is 15.8. The van der Waals surface area contributed by atoms with Crippen LogP contribution in [-0.2, 0) is 0 Å². The Kier molecular flexibility index (Phi) is 3.58. The van der Waals surface area contributed by atoms with E-state index in [9.17, 15) is 0 Å². The molecule has 134 valence electrons. The number of nitrogens with one attached hydrogen (secondary N) is 1. The average Bonchev–Trinajstić information content (AvgIpc) is 3.23. The minimum Gasteiger partial charge on any atom is -0.301 e. The van der Waals surface area contributed by atoms with Crippen LogP contribution in [0.1, 0.15) is 24.2 Å². The first-order valence-electron chi connectivity index (χ1n) is 8.82. The number of nitrogens with zero attached hydrogens (tertiary/aromatic N) is 4. The van der Waals surface area contributed by atoms with Crippen LogP contribution in [-0.4, -0.2) is 21.8 Å². The van der Waals surface area contributed by atoms with Crippen molar-refractivity contribution < 1.29 is 0 Å². The molecule has 2 aromatic carbocycles. The van der Waals surface area contributed by atoms with Gasteiger partial charge in [0.25, 0.3) is 0 Å². The molecule has 5 nitrogen and oxygen atoms in total. The molecule has 1 aromatic heterocycles. The third kappa shape index (κ3) is 2.62.